The van der Waals surface area contributed by atoms with E-state index in [1.54, 1.807) is 0 Å². The molecule has 1 saturated heterocycles. The van der Waals surface area contributed by atoms with Crippen LogP contribution < -0.4 is 5.73 Å². The molecule has 1 aliphatic rings. The predicted molar refractivity (Wildman–Crippen MR) is 72.0 cm³/mol. The molecular formula is C13H29N3O. The molecule has 0 saturated carbocycles. The van der Waals surface area contributed by atoms with Gasteiger partial charge in [-0.05, 0) is 38.3 Å². The molecule has 0 aliphatic carbocycles. The highest BCUT2D eigenvalue weighted by Gasteiger charge is 2.17. The SMILES string of the molecule is CC(CN)CN1CCN(CCCCCO)CC1. The van der Waals surface area contributed by atoms with Crippen molar-refractivity contribution in [1.82, 2.24) is 9.80 Å². The highest BCUT2D eigenvalue weighted by Crippen LogP contribution is 2.06. The van der Waals surface area contributed by atoms with Crippen LogP contribution in [0.25, 0.3) is 0 Å². The minimum atomic E-state index is 0.338. The molecule has 17 heavy (non-hydrogen) atoms. The summed E-state index contributed by atoms with van der Waals surface area (Å²) in [4.78, 5) is 5.07. The first-order chi connectivity index (χ1) is 8.26. The van der Waals surface area contributed by atoms with Crippen LogP contribution in [0.5, 0.6) is 0 Å². The summed E-state index contributed by atoms with van der Waals surface area (Å²) in [6.07, 6.45) is 3.33. The maximum Gasteiger partial charge on any atom is 0.0431 e. The van der Waals surface area contributed by atoms with Crippen molar-refractivity contribution in [3.05, 3.63) is 0 Å². The standard InChI is InChI=1S/C13H29N3O/c1-13(11-14)12-16-8-6-15(7-9-16)5-3-2-4-10-17/h13,17H,2-12,14H2,1H3. The van der Waals surface area contributed by atoms with Crippen LogP contribution in [-0.2, 0) is 0 Å². The smallest absolute Gasteiger partial charge is 0.0431 e. The van der Waals surface area contributed by atoms with Gasteiger partial charge in [0.2, 0.25) is 0 Å². The number of rotatable bonds is 8. The molecule has 3 N–H and O–H groups in total. The maximum atomic E-state index is 8.71. The molecule has 0 radical (unpaired) electrons. The van der Waals surface area contributed by atoms with Gasteiger partial charge in [0.25, 0.3) is 0 Å². The van der Waals surface area contributed by atoms with Crippen molar-refractivity contribution >= 4 is 0 Å². The van der Waals surface area contributed by atoms with Gasteiger partial charge in [0.05, 0.1) is 0 Å². The summed E-state index contributed by atoms with van der Waals surface area (Å²) in [5.74, 6) is 0.617. The van der Waals surface area contributed by atoms with E-state index in [-0.39, 0.29) is 0 Å². The fourth-order valence-electron chi connectivity index (χ4n) is 2.33. The van der Waals surface area contributed by atoms with Crippen LogP contribution in [0.15, 0.2) is 0 Å². The van der Waals surface area contributed by atoms with E-state index in [0.717, 1.165) is 25.9 Å². The first kappa shape index (κ1) is 14.9. The van der Waals surface area contributed by atoms with E-state index in [4.69, 9.17) is 10.8 Å². The molecule has 102 valence electrons. The number of nitrogens with two attached hydrogens (primary N) is 1. The van der Waals surface area contributed by atoms with Crippen LogP contribution in [0.1, 0.15) is 26.2 Å². The molecule has 1 heterocycles. The summed E-state index contributed by atoms with van der Waals surface area (Å²) in [6, 6.07) is 0. The van der Waals surface area contributed by atoms with Gasteiger partial charge in [-0.2, -0.15) is 0 Å². The Hall–Kier alpha value is -0.160. The summed E-state index contributed by atoms with van der Waals surface area (Å²) < 4.78 is 0. The lowest BCUT2D eigenvalue weighted by molar-refractivity contribution is 0.119. The van der Waals surface area contributed by atoms with Crippen molar-refractivity contribution in [2.45, 2.75) is 26.2 Å². The number of hydrogen-bond donors (Lipinski definition) is 2. The third-order valence-electron chi connectivity index (χ3n) is 3.57. The Morgan fingerprint density at radius 1 is 1.06 bits per heavy atom. The van der Waals surface area contributed by atoms with Gasteiger partial charge in [0, 0.05) is 39.3 Å². The number of aliphatic hydroxyl groups excluding tert-OH is 1. The Labute approximate surface area is 106 Å². The summed E-state index contributed by atoms with van der Waals surface area (Å²) >= 11 is 0. The van der Waals surface area contributed by atoms with Gasteiger partial charge in [-0.15, -0.1) is 0 Å². The number of nitrogens with zero attached hydrogens (tertiary/aromatic N) is 2. The van der Waals surface area contributed by atoms with E-state index in [1.165, 1.54) is 39.1 Å². The molecule has 1 atom stereocenters. The molecule has 0 bridgehead atoms. The van der Waals surface area contributed by atoms with Crippen molar-refractivity contribution < 1.29 is 5.11 Å². The minimum absolute atomic E-state index is 0.338. The van der Waals surface area contributed by atoms with E-state index in [9.17, 15) is 0 Å². The van der Waals surface area contributed by atoms with Crippen LogP contribution in [0.2, 0.25) is 0 Å². The fourth-order valence-corrected chi connectivity index (χ4v) is 2.33. The van der Waals surface area contributed by atoms with Gasteiger partial charge in [0.15, 0.2) is 0 Å². The van der Waals surface area contributed by atoms with Gasteiger partial charge >= 0.3 is 0 Å². The molecule has 4 nitrogen and oxygen atoms in total. The molecule has 1 fully saturated rings. The van der Waals surface area contributed by atoms with E-state index in [0.29, 0.717) is 12.5 Å². The molecule has 0 amide bonds. The van der Waals surface area contributed by atoms with Gasteiger partial charge in [-0.3, -0.25) is 0 Å². The number of aliphatic hydroxyl groups is 1. The van der Waals surface area contributed by atoms with Crippen molar-refractivity contribution in [3.63, 3.8) is 0 Å². The Morgan fingerprint density at radius 3 is 2.29 bits per heavy atom. The second kappa shape index (κ2) is 8.86. The van der Waals surface area contributed by atoms with Crippen LogP contribution in [0, 0.1) is 5.92 Å². The first-order valence-corrected chi connectivity index (χ1v) is 7.02. The number of piperazine rings is 1. The lowest BCUT2D eigenvalue weighted by atomic mass is 10.1. The quantitative estimate of drug-likeness (QED) is 0.605. The normalized spacial score (nSPS) is 20.6. The molecule has 1 aliphatic heterocycles. The molecule has 0 aromatic carbocycles. The lowest BCUT2D eigenvalue weighted by Gasteiger charge is -2.35. The molecular weight excluding hydrogens is 214 g/mol. The van der Waals surface area contributed by atoms with E-state index >= 15 is 0 Å². The Bertz CT molecular complexity index is 182. The average Bonchev–Trinajstić information content (AvgIpc) is 2.36. The second-order valence-electron chi connectivity index (χ2n) is 5.27. The van der Waals surface area contributed by atoms with Crippen molar-refractivity contribution in [2.75, 3.05) is 52.4 Å². The maximum absolute atomic E-state index is 8.71. The zero-order valence-corrected chi connectivity index (χ0v) is 11.3. The van der Waals surface area contributed by atoms with E-state index in [2.05, 4.69) is 16.7 Å². The molecule has 1 unspecified atom stereocenters. The summed E-state index contributed by atoms with van der Waals surface area (Å²) in [6.45, 7) is 10.4. The molecule has 1 rings (SSSR count). The highest BCUT2D eigenvalue weighted by molar-refractivity contribution is 4.73. The van der Waals surface area contributed by atoms with E-state index in [1.807, 2.05) is 0 Å². The predicted octanol–water partition coefficient (Wildman–Crippen LogP) is 0.361. The van der Waals surface area contributed by atoms with Crippen LogP contribution in [-0.4, -0.2) is 67.3 Å². The van der Waals surface area contributed by atoms with Gasteiger partial charge in [0.1, 0.15) is 0 Å². The topological polar surface area (TPSA) is 52.7 Å². The van der Waals surface area contributed by atoms with Crippen LogP contribution in [0.4, 0.5) is 0 Å². The number of unbranched alkanes of at least 4 members (excludes halogenated alkanes) is 2. The van der Waals surface area contributed by atoms with Gasteiger partial charge < -0.3 is 20.6 Å². The summed E-state index contributed by atoms with van der Waals surface area (Å²) in [5.41, 5.74) is 5.65. The van der Waals surface area contributed by atoms with Crippen molar-refractivity contribution in [1.29, 1.82) is 0 Å². The van der Waals surface area contributed by atoms with E-state index < -0.39 is 0 Å². The first-order valence-electron chi connectivity index (χ1n) is 7.02. The second-order valence-corrected chi connectivity index (χ2v) is 5.27. The third-order valence-corrected chi connectivity index (χ3v) is 3.57. The zero-order chi connectivity index (χ0) is 12.5. The van der Waals surface area contributed by atoms with Crippen molar-refractivity contribution in [3.8, 4) is 0 Å². The minimum Gasteiger partial charge on any atom is -0.396 e. The molecule has 0 aromatic heterocycles. The number of hydrogen-bond acceptors (Lipinski definition) is 4. The largest absolute Gasteiger partial charge is 0.396 e. The molecule has 4 heteroatoms. The van der Waals surface area contributed by atoms with Crippen LogP contribution >= 0.6 is 0 Å². The van der Waals surface area contributed by atoms with Crippen molar-refractivity contribution in [2.24, 2.45) is 11.7 Å². The Balaban J connectivity index is 2.05. The van der Waals surface area contributed by atoms with Crippen LogP contribution in [0.3, 0.4) is 0 Å². The Kier molecular flexibility index (Phi) is 7.77. The Morgan fingerprint density at radius 2 is 1.71 bits per heavy atom. The lowest BCUT2D eigenvalue weighted by Crippen LogP contribution is -2.48. The zero-order valence-electron chi connectivity index (χ0n) is 11.3. The van der Waals surface area contributed by atoms with Gasteiger partial charge in [-0.1, -0.05) is 6.92 Å². The fraction of sp³-hybridized carbons (Fsp3) is 1.00. The summed E-state index contributed by atoms with van der Waals surface area (Å²) in [7, 11) is 0. The molecule has 0 spiro atoms. The monoisotopic (exact) mass is 243 g/mol. The molecule has 0 aromatic rings. The highest BCUT2D eigenvalue weighted by atomic mass is 16.2. The summed E-state index contributed by atoms with van der Waals surface area (Å²) in [5, 5.41) is 8.71. The third kappa shape index (κ3) is 6.36. The van der Waals surface area contributed by atoms with Gasteiger partial charge in [-0.25, -0.2) is 0 Å². The average molecular weight is 243 g/mol.